The third kappa shape index (κ3) is 2.22. The van der Waals surface area contributed by atoms with E-state index in [1.54, 1.807) is 0 Å². The van der Waals surface area contributed by atoms with Gasteiger partial charge in [0.05, 0.1) is 6.10 Å². The highest BCUT2D eigenvalue weighted by atomic mass is 16.3. The zero-order valence-electron chi connectivity index (χ0n) is 15.3. The minimum absolute atomic E-state index is 0.0159. The minimum Gasteiger partial charge on any atom is -0.507 e. The summed E-state index contributed by atoms with van der Waals surface area (Å²) >= 11 is 0. The third-order valence-corrected chi connectivity index (χ3v) is 6.49. The van der Waals surface area contributed by atoms with Crippen LogP contribution in [0.1, 0.15) is 60.3 Å². The van der Waals surface area contributed by atoms with Gasteiger partial charge in [-0.2, -0.15) is 0 Å². The molecule has 0 aliphatic heterocycles. The molecule has 0 amide bonds. The molecule has 24 heavy (non-hydrogen) atoms. The summed E-state index contributed by atoms with van der Waals surface area (Å²) in [5.74, 6) is -0.988. The van der Waals surface area contributed by atoms with Crippen LogP contribution in [-0.2, 0) is 9.59 Å². The SMILES string of the molecule is CC(C)C1=C(O)C2=C(C(=O)C1=O)C1(C)CC(O)CC(C)(C)C1CC2. The summed E-state index contributed by atoms with van der Waals surface area (Å²) in [6, 6.07) is 0. The van der Waals surface area contributed by atoms with Crippen LogP contribution in [0, 0.1) is 22.7 Å². The molecular formula is C20H28O4. The molecule has 1 fully saturated rings. The smallest absolute Gasteiger partial charge is 0.233 e. The van der Waals surface area contributed by atoms with E-state index in [0.29, 0.717) is 30.4 Å². The van der Waals surface area contributed by atoms with E-state index in [4.69, 9.17) is 0 Å². The van der Waals surface area contributed by atoms with Gasteiger partial charge in [0, 0.05) is 22.1 Å². The fourth-order valence-electron chi connectivity index (χ4n) is 5.73. The van der Waals surface area contributed by atoms with Gasteiger partial charge in [0.15, 0.2) is 0 Å². The number of hydrogen-bond donors (Lipinski definition) is 2. The maximum Gasteiger partial charge on any atom is 0.233 e. The lowest BCUT2D eigenvalue weighted by Gasteiger charge is -2.56. The van der Waals surface area contributed by atoms with Crippen molar-refractivity contribution in [3.05, 3.63) is 22.5 Å². The van der Waals surface area contributed by atoms with Gasteiger partial charge in [0.25, 0.3) is 0 Å². The molecule has 0 radical (unpaired) electrons. The van der Waals surface area contributed by atoms with Crippen molar-refractivity contribution in [1.82, 2.24) is 0 Å². The molecule has 2 N–H and O–H groups in total. The second-order valence-electron chi connectivity index (χ2n) is 8.99. The van der Waals surface area contributed by atoms with Gasteiger partial charge in [0.2, 0.25) is 11.6 Å². The summed E-state index contributed by atoms with van der Waals surface area (Å²) in [4.78, 5) is 25.6. The Morgan fingerprint density at radius 2 is 1.71 bits per heavy atom. The van der Waals surface area contributed by atoms with Crippen LogP contribution in [0.5, 0.6) is 0 Å². The standard InChI is InChI=1S/C20H28O4/c1-10(2)14-16(22)12-6-7-13-19(3,4)8-11(21)9-20(13,5)15(12)18(24)17(14)23/h10-11,13,21-22H,6-9H2,1-5H3. The average molecular weight is 332 g/mol. The first-order valence-corrected chi connectivity index (χ1v) is 8.95. The molecule has 0 aromatic heterocycles. The number of carbonyl (C=O) groups excluding carboxylic acids is 2. The van der Waals surface area contributed by atoms with Gasteiger partial charge in [-0.15, -0.1) is 0 Å². The Morgan fingerprint density at radius 1 is 1.08 bits per heavy atom. The van der Waals surface area contributed by atoms with E-state index < -0.39 is 23.1 Å². The third-order valence-electron chi connectivity index (χ3n) is 6.49. The first-order chi connectivity index (χ1) is 11.0. The topological polar surface area (TPSA) is 74.6 Å². The summed E-state index contributed by atoms with van der Waals surface area (Å²) in [5.41, 5.74) is 0.699. The zero-order chi connectivity index (χ0) is 18.0. The molecule has 4 heteroatoms. The molecule has 4 nitrogen and oxygen atoms in total. The summed E-state index contributed by atoms with van der Waals surface area (Å²) in [6.07, 6.45) is 2.18. The van der Waals surface area contributed by atoms with Crippen molar-refractivity contribution in [3.63, 3.8) is 0 Å². The van der Waals surface area contributed by atoms with E-state index in [1.807, 2.05) is 20.8 Å². The van der Waals surface area contributed by atoms with Crippen molar-refractivity contribution in [2.45, 2.75) is 66.4 Å². The molecule has 3 rings (SSSR count). The Balaban J connectivity index is 2.22. The molecule has 3 aliphatic carbocycles. The Hall–Kier alpha value is -1.42. The molecule has 0 aromatic carbocycles. The molecule has 3 unspecified atom stereocenters. The molecule has 3 aliphatic rings. The lowest BCUT2D eigenvalue weighted by Crippen LogP contribution is -2.53. The number of Topliss-reactive ketones (excluding diaryl/α,β-unsaturated/α-hetero) is 2. The Bertz CT molecular complexity index is 680. The van der Waals surface area contributed by atoms with Crippen LogP contribution in [0.25, 0.3) is 0 Å². The predicted molar refractivity (Wildman–Crippen MR) is 91.4 cm³/mol. The van der Waals surface area contributed by atoms with Crippen molar-refractivity contribution >= 4 is 11.6 Å². The van der Waals surface area contributed by atoms with Crippen LogP contribution in [0.15, 0.2) is 22.5 Å². The van der Waals surface area contributed by atoms with E-state index in [-0.39, 0.29) is 28.6 Å². The quantitative estimate of drug-likeness (QED) is 0.569. The fraction of sp³-hybridized carbons (Fsp3) is 0.700. The number of rotatable bonds is 1. The monoisotopic (exact) mass is 332 g/mol. The van der Waals surface area contributed by atoms with Crippen LogP contribution >= 0.6 is 0 Å². The minimum atomic E-state index is -0.569. The molecule has 3 atom stereocenters. The summed E-state index contributed by atoms with van der Waals surface area (Å²) in [7, 11) is 0. The maximum absolute atomic E-state index is 13.0. The summed E-state index contributed by atoms with van der Waals surface area (Å²) < 4.78 is 0. The molecule has 1 saturated carbocycles. The first kappa shape index (κ1) is 17.4. The first-order valence-electron chi connectivity index (χ1n) is 8.95. The second-order valence-corrected chi connectivity index (χ2v) is 8.99. The molecule has 0 spiro atoms. The van der Waals surface area contributed by atoms with E-state index in [1.165, 1.54) is 0 Å². The van der Waals surface area contributed by atoms with Gasteiger partial charge < -0.3 is 10.2 Å². The van der Waals surface area contributed by atoms with Crippen LogP contribution in [0.4, 0.5) is 0 Å². The van der Waals surface area contributed by atoms with Gasteiger partial charge in [0.1, 0.15) is 5.76 Å². The van der Waals surface area contributed by atoms with Crippen molar-refractivity contribution in [2.75, 3.05) is 0 Å². The van der Waals surface area contributed by atoms with Crippen LogP contribution < -0.4 is 0 Å². The number of fused-ring (bicyclic) bond motifs is 2. The maximum atomic E-state index is 13.0. The normalized spacial score (nSPS) is 36.1. The van der Waals surface area contributed by atoms with Crippen LogP contribution in [-0.4, -0.2) is 27.9 Å². The van der Waals surface area contributed by atoms with Gasteiger partial charge >= 0.3 is 0 Å². The fourth-order valence-corrected chi connectivity index (χ4v) is 5.73. The summed E-state index contributed by atoms with van der Waals surface area (Å²) in [6.45, 7) is 9.91. The van der Waals surface area contributed by atoms with Gasteiger partial charge in [-0.05, 0) is 42.9 Å². The zero-order valence-corrected chi connectivity index (χ0v) is 15.3. The van der Waals surface area contributed by atoms with Crippen molar-refractivity contribution < 1.29 is 19.8 Å². The Labute approximate surface area is 143 Å². The van der Waals surface area contributed by atoms with Crippen molar-refractivity contribution in [2.24, 2.45) is 22.7 Å². The van der Waals surface area contributed by atoms with Crippen molar-refractivity contribution in [1.29, 1.82) is 0 Å². The van der Waals surface area contributed by atoms with E-state index in [0.717, 1.165) is 6.42 Å². The number of aliphatic hydroxyl groups excluding tert-OH is 2. The number of ketones is 2. The molecule has 132 valence electrons. The van der Waals surface area contributed by atoms with E-state index in [9.17, 15) is 19.8 Å². The van der Waals surface area contributed by atoms with E-state index >= 15 is 0 Å². The van der Waals surface area contributed by atoms with E-state index in [2.05, 4.69) is 13.8 Å². The number of hydrogen-bond acceptors (Lipinski definition) is 4. The lowest BCUT2D eigenvalue weighted by molar-refractivity contribution is -0.135. The van der Waals surface area contributed by atoms with Crippen molar-refractivity contribution in [3.8, 4) is 0 Å². The Kier molecular flexibility index (Phi) is 3.83. The van der Waals surface area contributed by atoms with Gasteiger partial charge in [-0.3, -0.25) is 9.59 Å². The number of carbonyl (C=O) groups is 2. The molecular weight excluding hydrogens is 304 g/mol. The predicted octanol–water partition coefficient (Wildman–Crippen LogP) is 3.50. The molecule has 0 aromatic rings. The largest absolute Gasteiger partial charge is 0.507 e. The highest BCUT2D eigenvalue weighted by Gasteiger charge is 2.57. The highest BCUT2D eigenvalue weighted by Crippen LogP contribution is 2.61. The molecule has 0 saturated heterocycles. The number of allylic oxidation sites excluding steroid dienone is 3. The van der Waals surface area contributed by atoms with Gasteiger partial charge in [-0.1, -0.05) is 34.6 Å². The summed E-state index contributed by atoms with van der Waals surface area (Å²) in [5, 5.41) is 21.1. The van der Waals surface area contributed by atoms with Crippen LogP contribution in [0.2, 0.25) is 0 Å². The molecule has 0 bridgehead atoms. The average Bonchev–Trinajstić information content (AvgIpc) is 2.41. The lowest BCUT2D eigenvalue weighted by atomic mass is 9.48. The Morgan fingerprint density at radius 3 is 2.29 bits per heavy atom. The van der Waals surface area contributed by atoms with Crippen LogP contribution in [0.3, 0.4) is 0 Å². The molecule has 0 heterocycles. The second kappa shape index (κ2) is 5.29. The number of aliphatic hydroxyl groups is 2. The highest BCUT2D eigenvalue weighted by molar-refractivity contribution is 6.50. The van der Waals surface area contributed by atoms with Gasteiger partial charge in [-0.25, -0.2) is 0 Å².